The molecule has 3 rings (SSSR count). The van der Waals surface area contributed by atoms with Gasteiger partial charge in [-0.3, -0.25) is 9.40 Å². The molecule has 0 aliphatic carbocycles. The average Bonchev–Trinajstić information content (AvgIpc) is 3.09. The maximum Gasteiger partial charge on any atom is 0.339 e. The zero-order valence-electron chi connectivity index (χ0n) is 21.0. The molecule has 0 bridgehead atoms. The number of aryl methyl sites for hydroxylation is 2. The van der Waals surface area contributed by atoms with Gasteiger partial charge in [0.1, 0.15) is 11.4 Å². The number of nitrogens with zero attached hydrogens (tertiary/aromatic N) is 4. The van der Waals surface area contributed by atoms with Crippen molar-refractivity contribution >= 4 is 27.5 Å². The fraction of sp³-hybridized carbons (Fsp3) is 0.400. The van der Waals surface area contributed by atoms with Gasteiger partial charge in [0, 0.05) is 25.8 Å². The summed E-state index contributed by atoms with van der Waals surface area (Å²) in [7, 11) is -2.13. The van der Waals surface area contributed by atoms with Gasteiger partial charge in [0.05, 0.1) is 22.5 Å². The van der Waals surface area contributed by atoms with Crippen LogP contribution in [0.3, 0.4) is 0 Å². The van der Waals surface area contributed by atoms with Crippen LogP contribution in [0.15, 0.2) is 41.4 Å². The minimum Gasteiger partial charge on any atom is -0.478 e. The van der Waals surface area contributed by atoms with Gasteiger partial charge in [-0.05, 0) is 62.4 Å². The molecule has 10 heteroatoms. The summed E-state index contributed by atoms with van der Waals surface area (Å²) in [5, 5.41) is 14.3. The summed E-state index contributed by atoms with van der Waals surface area (Å²) in [4.78, 5) is 18.1. The third-order valence-electron chi connectivity index (χ3n) is 6.10. The lowest BCUT2D eigenvalue weighted by molar-refractivity contribution is 0.0697. The highest BCUT2D eigenvalue weighted by Crippen LogP contribution is 2.24. The van der Waals surface area contributed by atoms with Crippen LogP contribution >= 0.6 is 0 Å². The average molecular weight is 500 g/mol. The number of carboxylic acids is 1. The predicted molar refractivity (Wildman–Crippen MR) is 137 cm³/mol. The molecule has 188 valence electrons. The fourth-order valence-corrected chi connectivity index (χ4v) is 5.04. The van der Waals surface area contributed by atoms with E-state index in [2.05, 4.69) is 14.8 Å². The summed E-state index contributed by atoms with van der Waals surface area (Å²) in [6.45, 7) is 11.4. The van der Waals surface area contributed by atoms with E-state index in [0.717, 1.165) is 29.1 Å². The summed E-state index contributed by atoms with van der Waals surface area (Å²) < 4.78 is 30.0. The second kappa shape index (κ2) is 10.5. The molecule has 0 aliphatic rings. The van der Waals surface area contributed by atoms with E-state index < -0.39 is 16.0 Å². The van der Waals surface area contributed by atoms with Crippen LogP contribution in [-0.2, 0) is 23.0 Å². The smallest absolute Gasteiger partial charge is 0.339 e. The standard InChI is InChI=1S/C25H33N5O4S/c1-7-30-18(5)22(17(4)27-30)12-13-29(6)24-23(25(31)32)14-20(15-26-24)28-35(33,34)21-10-8-19(9-11-21)16(2)3/h8-11,14-16,28H,7,12-13H2,1-6H3,(H,31,32). The fourth-order valence-electron chi connectivity index (χ4n) is 4.01. The molecule has 2 aromatic heterocycles. The molecule has 0 unspecified atom stereocenters. The first-order valence-electron chi connectivity index (χ1n) is 11.5. The van der Waals surface area contributed by atoms with E-state index in [9.17, 15) is 18.3 Å². The number of rotatable bonds is 10. The van der Waals surface area contributed by atoms with E-state index in [-0.39, 0.29) is 27.9 Å². The minimum absolute atomic E-state index is 0.0828. The molecule has 3 aromatic rings. The number of sulfonamides is 1. The first kappa shape index (κ1) is 26.2. The van der Waals surface area contributed by atoms with Crippen molar-refractivity contribution in [2.75, 3.05) is 23.2 Å². The third kappa shape index (κ3) is 5.82. The van der Waals surface area contributed by atoms with E-state index >= 15 is 0 Å². The van der Waals surface area contributed by atoms with Crippen molar-refractivity contribution < 1.29 is 18.3 Å². The zero-order chi connectivity index (χ0) is 25.9. The van der Waals surface area contributed by atoms with E-state index in [0.29, 0.717) is 13.0 Å². The van der Waals surface area contributed by atoms with Crippen LogP contribution < -0.4 is 9.62 Å². The van der Waals surface area contributed by atoms with E-state index in [4.69, 9.17) is 0 Å². The van der Waals surface area contributed by atoms with Crippen LogP contribution in [0.25, 0.3) is 0 Å². The second-order valence-electron chi connectivity index (χ2n) is 8.87. The zero-order valence-corrected chi connectivity index (χ0v) is 21.8. The molecule has 9 nitrogen and oxygen atoms in total. The van der Waals surface area contributed by atoms with Gasteiger partial charge >= 0.3 is 5.97 Å². The lowest BCUT2D eigenvalue weighted by atomic mass is 10.0. The summed E-state index contributed by atoms with van der Waals surface area (Å²) in [5.74, 6) is -0.644. The normalized spacial score (nSPS) is 11.6. The number of benzene rings is 1. The summed E-state index contributed by atoms with van der Waals surface area (Å²) >= 11 is 0. The number of anilines is 2. The highest BCUT2D eigenvalue weighted by atomic mass is 32.2. The number of likely N-dealkylation sites (N-methyl/N-ethyl adjacent to an activating group) is 1. The number of aromatic nitrogens is 3. The number of pyridine rings is 1. The molecule has 0 atom stereocenters. The minimum atomic E-state index is -3.89. The molecular weight excluding hydrogens is 466 g/mol. The molecule has 0 amide bonds. The van der Waals surface area contributed by atoms with E-state index in [1.165, 1.54) is 24.4 Å². The van der Waals surface area contributed by atoms with Crippen molar-refractivity contribution in [3.8, 4) is 0 Å². The van der Waals surface area contributed by atoms with Gasteiger partial charge in [-0.25, -0.2) is 18.2 Å². The Morgan fingerprint density at radius 2 is 1.86 bits per heavy atom. The largest absolute Gasteiger partial charge is 0.478 e. The Hall–Kier alpha value is -3.40. The van der Waals surface area contributed by atoms with Crippen LogP contribution in [0.2, 0.25) is 0 Å². The monoisotopic (exact) mass is 499 g/mol. The van der Waals surface area contributed by atoms with Gasteiger partial charge in [0.15, 0.2) is 0 Å². The molecule has 1 aromatic carbocycles. The Labute approximate surface area is 206 Å². The highest BCUT2D eigenvalue weighted by Gasteiger charge is 2.20. The van der Waals surface area contributed by atoms with Crippen molar-refractivity contribution in [2.45, 2.75) is 58.4 Å². The van der Waals surface area contributed by atoms with Crippen LogP contribution in [0.5, 0.6) is 0 Å². The van der Waals surface area contributed by atoms with Crippen LogP contribution in [0, 0.1) is 13.8 Å². The van der Waals surface area contributed by atoms with Crippen LogP contribution in [-0.4, -0.2) is 47.9 Å². The third-order valence-corrected chi connectivity index (χ3v) is 7.49. The Morgan fingerprint density at radius 1 is 1.20 bits per heavy atom. The predicted octanol–water partition coefficient (Wildman–Crippen LogP) is 4.22. The number of nitrogens with one attached hydrogen (secondary N) is 1. The Balaban J connectivity index is 1.80. The van der Waals surface area contributed by atoms with Gasteiger partial charge in [0.2, 0.25) is 0 Å². The molecule has 2 heterocycles. The van der Waals surface area contributed by atoms with Crippen LogP contribution in [0.1, 0.15) is 59.6 Å². The van der Waals surface area contributed by atoms with Crippen molar-refractivity contribution in [2.24, 2.45) is 0 Å². The molecule has 35 heavy (non-hydrogen) atoms. The maximum absolute atomic E-state index is 12.8. The van der Waals surface area contributed by atoms with Gasteiger partial charge in [0.25, 0.3) is 10.0 Å². The van der Waals surface area contributed by atoms with Gasteiger partial charge in [-0.1, -0.05) is 26.0 Å². The number of hydrogen-bond donors (Lipinski definition) is 2. The molecule has 0 spiro atoms. The van der Waals surface area contributed by atoms with Crippen molar-refractivity contribution in [3.05, 3.63) is 64.6 Å². The van der Waals surface area contributed by atoms with Gasteiger partial charge in [-0.15, -0.1) is 0 Å². The van der Waals surface area contributed by atoms with Crippen molar-refractivity contribution in [3.63, 3.8) is 0 Å². The number of carboxylic acid groups (broad SMARTS) is 1. The SMILES string of the molecule is CCn1nc(C)c(CCN(C)c2ncc(NS(=O)(=O)c3ccc(C(C)C)cc3)cc2C(=O)O)c1C. The quantitative estimate of drug-likeness (QED) is 0.429. The number of carbonyl (C=O) groups is 1. The maximum atomic E-state index is 12.8. The molecule has 0 radical (unpaired) electrons. The first-order valence-corrected chi connectivity index (χ1v) is 13.0. The lowest BCUT2D eigenvalue weighted by Gasteiger charge is -2.21. The van der Waals surface area contributed by atoms with E-state index in [1.54, 1.807) is 24.1 Å². The summed E-state index contributed by atoms with van der Waals surface area (Å²) in [6, 6.07) is 7.91. The molecular formula is C25H33N5O4S. The first-order chi connectivity index (χ1) is 16.4. The second-order valence-corrected chi connectivity index (χ2v) is 10.5. The number of aromatic carboxylic acids is 1. The molecule has 2 N–H and O–H groups in total. The highest BCUT2D eigenvalue weighted by molar-refractivity contribution is 7.92. The molecule has 0 saturated heterocycles. The Morgan fingerprint density at radius 3 is 2.40 bits per heavy atom. The number of hydrogen-bond acceptors (Lipinski definition) is 6. The summed E-state index contributed by atoms with van der Waals surface area (Å²) in [5.41, 5.74) is 4.21. The van der Waals surface area contributed by atoms with E-state index in [1.807, 2.05) is 39.3 Å². The van der Waals surface area contributed by atoms with Crippen molar-refractivity contribution in [1.82, 2.24) is 14.8 Å². The Bertz CT molecular complexity index is 1310. The Kier molecular flexibility index (Phi) is 7.84. The summed E-state index contributed by atoms with van der Waals surface area (Å²) in [6.07, 6.45) is 2.01. The van der Waals surface area contributed by atoms with Gasteiger partial charge < -0.3 is 10.0 Å². The lowest BCUT2D eigenvalue weighted by Crippen LogP contribution is -2.24. The van der Waals surface area contributed by atoms with Gasteiger partial charge in [-0.2, -0.15) is 5.10 Å². The topological polar surface area (TPSA) is 117 Å². The molecule has 0 saturated carbocycles. The van der Waals surface area contributed by atoms with Crippen LogP contribution in [0.4, 0.5) is 11.5 Å². The van der Waals surface area contributed by atoms with Crippen molar-refractivity contribution in [1.29, 1.82) is 0 Å². The molecule has 0 fully saturated rings. The molecule has 0 aliphatic heterocycles.